The molecule has 2 N–H and O–H groups in total. The molecule has 1 aromatic carbocycles. The number of nitrogens with zero attached hydrogens (tertiary/aromatic N) is 1. The summed E-state index contributed by atoms with van der Waals surface area (Å²) in [5, 5.41) is 15.0. The van der Waals surface area contributed by atoms with Crippen LogP contribution < -0.4 is 10.6 Å². The molecule has 0 unspecified atom stereocenters. The maximum Gasteiger partial charge on any atom is 0.267 e. The summed E-state index contributed by atoms with van der Waals surface area (Å²) in [6, 6.07) is 8.02. The molecule has 21 heavy (non-hydrogen) atoms. The van der Waals surface area contributed by atoms with Crippen LogP contribution in [0.4, 0.5) is 5.69 Å². The number of rotatable bonds is 5. The van der Waals surface area contributed by atoms with Crippen LogP contribution in [0.15, 0.2) is 30.0 Å². The van der Waals surface area contributed by atoms with Gasteiger partial charge in [-0.2, -0.15) is 5.26 Å². The van der Waals surface area contributed by atoms with E-state index >= 15 is 0 Å². The van der Waals surface area contributed by atoms with Crippen molar-refractivity contribution in [2.24, 2.45) is 0 Å². The topological polar surface area (TPSA) is 64.9 Å². The summed E-state index contributed by atoms with van der Waals surface area (Å²) in [6.07, 6.45) is 1.47. The first kappa shape index (κ1) is 16.8. The summed E-state index contributed by atoms with van der Waals surface area (Å²) in [6.45, 7) is 9.99. The second kappa shape index (κ2) is 7.49. The molecule has 0 aromatic heterocycles. The Morgan fingerprint density at radius 2 is 1.95 bits per heavy atom. The van der Waals surface area contributed by atoms with E-state index in [-0.39, 0.29) is 17.5 Å². The van der Waals surface area contributed by atoms with Crippen molar-refractivity contribution in [3.8, 4) is 6.07 Å². The second-order valence-electron chi connectivity index (χ2n) is 5.64. The van der Waals surface area contributed by atoms with Gasteiger partial charge >= 0.3 is 0 Å². The molecule has 0 radical (unpaired) electrons. The lowest BCUT2D eigenvalue weighted by Gasteiger charge is -2.16. The highest BCUT2D eigenvalue weighted by Crippen LogP contribution is 2.27. The minimum Gasteiger partial charge on any atom is -0.387 e. The minimum absolute atomic E-state index is 0.0710. The Balaban J connectivity index is 3.03. The van der Waals surface area contributed by atoms with Gasteiger partial charge in [0.1, 0.15) is 11.6 Å². The van der Waals surface area contributed by atoms with Gasteiger partial charge < -0.3 is 10.6 Å². The monoisotopic (exact) mass is 285 g/mol. The number of hydrogen-bond acceptors (Lipinski definition) is 3. The van der Waals surface area contributed by atoms with Crippen LogP contribution in [0.25, 0.3) is 0 Å². The van der Waals surface area contributed by atoms with Crippen molar-refractivity contribution in [3.05, 3.63) is 41.1 Å². The highest BCUT2D eigenvalue weighted by atomic mass is 16.1. The van der Waals surface area contributed by atoms with Crippen LogP contribution in [0, 0.1) is 18.3 Å². The Kier molecular flexibility index (Phi) is 5.98. The first-order chi connectivity index (χ1) is 9.86. The summed E-state index contributed by atoms with van der Waals surface area (Å²) in [5.74, 6) is -0.0923. The smallest absolute Gasteiger partial charge is 0.267 e. The molecule has 0 saturated carbocycles. The molecule has 0 aliphatic heterocycles. The standard InChI is InChI=1S/C17H23N3O/c1-11(2)15-8-6-7-13(5)16(15)20-17(21)14(9-18)10-19-12(3)4/h6-8,10-12,19H,1-5H3,(H,20,21)/b14-10-. The molecule has 1 aromatic rings. The Morgan fingerprint density at radius 1 is 1.29 bits per heavy atom. The Hall–Kier alpha value is -2.28. The molecule has 1 amide bonds. The van der Waals surface area contributed by atoms with E-state index < -0.39 is 0 Å². The van der Waals surface area contributed by atoms with Gasteiger partial charge in [0.2, 0.25) is 0 Å². The third kappa shape index (κ3) is 4.64. The van der Waals surface area contributed by atoms with E-state index in [2.05, 4.69) is 24.5 Å². The first-order valence-electron chi connectivity index (χ1n) is 7.14. The van der Waals surface area contributed by atoms with Crippen LogP contribution in [0.3, 0.4) is 0 Å². The maximum atomic E-state index is 12.2. The number of hydrogen-bond donors (Lipinski definition) is 2. The summed E-state index contributed by atoms with van der Waals surface area (Å²) in [7, 11) is 0. The van der Waals surface area contributed by atoms with Crippen molar-refractivity contribution in [2.75, 3.05) is 5.32 Å². The van der Waals surface area contributed by atoms with E-state index in [1.54, 1.807) is 0 Å². The number of carbonyl (C=O) groups is 1. The molecular weight excluding hydrogens is 262 g/mol. The van der Waals surface area contributed by atoms with Crippen LogP contribution in [-0.2, 0) is 4.79 Å². The summed E-state index contributed by atoms with van der Waals surface area (Å²) in [5.41, 5.74) is 2.92. The first-order valence-corrected chi connectivity index (χ1v) is 7.14. The predicted octanol–water partition coefficient (Wildman–Crippen LogP) is 3.46. The summed E-state index contributed by atoms with van der Waals surface area (Å²) in [4.78, 5) is 12.2. The SMILES string of the molecule is Cc1cccc(C(C)C)c1NC(=O)/C(C#N)=C\NC(C)C. The fourth-order valence-electron chi connectivity index (χ4n) is 1.92. The third-order valence-corrected chi connectivity index (χ3v) is 3.09. The predicted molar refractivity (Wildman–Crippen MR) is 85.9 cm³/mol. The lowest BCUT2D eigenvalue weighted by atomic mass is 9.98. The van der Waals surface area contributed by atoms with Gasteiger partial charge in [-0.3, -0.25) is 4.79 Å². The molecule has 1 rings (SSSR count). The molecule has 4 heteroatoms. The van der Waals surface area contributed by atoms with Gasteiger partial charge in [0.25, 0.3) is 5.91 Å². The van der Waals surface area contributed by atoms with Crippen molar-refractivity contribution in [1.29, 1.82) is 5.26 Å². The lowest BCUT2D eigenvalue weighted by molar-refractivity contribution is -0.112. The fraction of sp³-hybridized carbons (Fsp3) is 0.412. The number of carbonyl (C=O) groups excluding carboxylic acids is 1. The van der Waals surface area contributed by atoms with E-state index in [0.717, 1.165) is 16.8 Å². The molecule has 0 aliphatic carbocycles. The normalized spacial score (nSPS) is 11.4. The highest BCUT2D eigenvalue weighted by molar-refractivity contribution is 6.07. The van der Waals surface area contributed by atoms with Gasteiger partial charge in [-0.15, -0.1) is 0 Å². The summed E-state index contributed by atoms with van der Waals surface area (Å²) < 4.78 is 0. The quantitative estimate of drug-likeness (QED) is 0.643. The number of para-hydroxylation sites is 1. The Bertz CT molecular complexity index is 580. The van der Waals surface area contributed by atoms with Crippen molar-refractivity contribution in [3.63, 3.8) is 0 Å². The van der Waals surface area contributed by atoms with Crippen molar-refractivity contribution in [2.45, 2.75) is 46.6 Å². The lowest BCUT2D eigenvalue weighted by Crippen LogP contribution is -2.21. The second-order valence-corrected chi connectivity index (χ2v) is 5.64. The number of amides is 1. The van der Waals surface area contributed by atoms with Crippen molar-refractivity contribution < 1.29 is 4.79 Å². The van der Waals surface area contributed by atoms with Crippen LogP contribution in [-0.4, -0.2) is 11.9 Å². The minimum atomic E-state index is -0.387. The van der Waals surface area contributed by atoms with Crippen LogP contribution in [0.5, 0.6) is 0 Å². The maximum absolute atomic E-state index is 12.2. The molecule has 0 atom stereocenters. The molecule has 0 fully saturated rings. The number of aryl methyl sites for hydroxylation is 1. The van der Waals surface area contributed by atoms with Crippen LogP contribution in [0.1, 0.15) is 44.7 Å². The zero-order valence-electron chi connectivity index (χ0n) is 13.3. The molecule has 4 nitrogen and oxygen atoms in total. The van der Waals surface area contributed by atoms with Crippen molar-refractivity contribution in [1.82, 2.24) is 5.32 Å². The Labute approximate surface area is 126 Å². The molecule has 0 aliphatic rings. The third-order valence-electron chi connectivity index (χ3n) is 3.09. The molecule has 0 spiro atoms. The number of nitrogens with one attached hydrogen (secondary N) is 2. The van der Waals surface area contributed by atoms with E-state index in [9.17, 15) is 4.79 Å². The average Bonchev–Trinajstić information content (AvgIpc) is 2.41. The fourth-order valence-corrected chi connectivity index (χ4v) is 1.92. The summed E-state index contributed by atoms with van der Waals surface area (Å²) >= 11 is 0. The van der Waals surface area contributed by atoms with Gasteiger partial charge in [-0.1, -0.05) is 32.0 Å². The Morgan fingerprint density at radius 3 is 2.48 bits per heavy atom. The molecule has 0 heterocycles. The molecular formula is C17H23N3O. The van der Waals surface area contributed by atoms with E-state index in [0.29, 0.717) is 5.92 Å². The van der Waals surface area contributed by atoms with E-state index in [4.69, 9.17) is 5.26 Å². The van der Waals surface area contributed by atoms with Crippen LogP contribution in [0.2, 0.25) is 0 Å². The molecule has 0 bridgehead atoms. The molecule has 0 saturated heterocycles. The number of anilines is 1. The highest BCUT2D eigenvalue weighted by Gasteiger charge is 2.15. The van der Waals surface area contributed by atoms with Gasteiger partial charge in [0.15, 0.2) is 0 Å². The van der Waals surface area contributed by atoms with Gasteiger partial charge in [-0.25, -0.2) is 0 Å². The van der Waals surface area contributed by atoms with Gasteiger partial charge in [0, 0.05) is 17.9 Å². The molecule has 112 valence electrons. The van der Waals surface area contributed by atoms with Gasteiger partial charge in [0.05, 0.1) is 0 Å². The van der Waals surface area contributed by atoms with Gasteiger partial charge in [-0.05, 0) is 37.8 Å². The average molecular weight is 285 g/mol. The zero-order valence-corrected chi connectivity index (χ0v) is 13.3. The van der Waals surface area contributed by atoms with Crippen molar-refractivity contribution >= 4 is 11.6 Å². The number of benzene rings is 1. The zero-order chi connectivity index (χ0) is 16.0. The largest absolute Gasteiger partial charge is 0.387 e. The van der Waals surface area contributed by atoms with E-state index in [1.807, 2.05) is 45.0 Å². The number of nitriles is 1. The van der Waals surface area contributed by atoms with E-state index in [1.165, 1.54) is 6.20 Å². The van der Waals surface area contributed by atoms with Crippen LogP contribution >= 0.6 is 0 Å².